The summed E-state index contributed by atoms with van der Waals surface area (Å²) in [5.74, 6) is -1.23. The van der Waals surface area contributed by atoms with Crippen molar-refractivity contribution >= 4 is 45.0 Å². The predicted molar refractivity (Wildman–Crippen MR) is 110 cm³/mol. The smallest absolute Gasteiger partial charge is 0.266 e. The van der Waals surface area contributed by atoms with E-state index in [0.29, 0.717) is 16.8 Å². The first kappa shape index (κ1) is 20.5. The highest BCUT2D eigenvalue weighted by Gasteiger charge is 2.36. The predicted octanol–water partition coefficient (Wildman–Crippen LogP) is 1.56. The highest BCUT2D eigenvalue weighted by atomic mass is 35.5. The second-order valence-corrected chi connectivity index (χ2v) is 9.11. The number of anilines is 1. The molecule has 2 aromatic rings. The number of rotatable bonds is 4. The second-order valence-electron chi connectivity index (χ2n) is 6.90. The highest BCUT2D eigenvalue weighted by molar-refractivity contribution is 7.89. The summed E-state index contributed by atoms with van der Waals surface area (Å²) < 4.78 is 27.2. The molecule has 1 fully saturated rings. The van der Waals surface area contributed by atoms with Crippen LogP contribution in [0.15, 0.2) is 53.4 Å². The summed E-state index contributed by atoms with van der Waals surface area (Å²) in [5, 5.41) is 0. The molecular weight excluding hydrogens is 430 g/mol. The molecule has 30 heavy (non-hydrogen) atoms. The van der Waals surface area contributed by atoms with Crippen molar-refractivity contribution in [1.29, 1.82) is 0 Å². The van der Waals surface area contributed by atoms with Gasteiger partial charge in [0.05, 0.1) is 21.7 Å². The van der Waals surface area contributed by atoms with Crippen molar-refractivity contribution in [2.75, 3.05) is 37.0 Å². The fraction of sp³-hybridized carbons (Fsp3) is 0.250. The third-order valence-electron chi connectivity index (χ3n) is 5.23. The third-order valence-corrected chi connectivity index (χ3v) is 7.37. The summed E-state index contributed by atoms with van der Waals surface area (Å²) in [4.78, 5) is 39.5. The second kappa shape index (κ2) is 7.82. The number of sulfonamides is 1. The monoisotopic (exact) mass is 447 g/mol. The van der Waals surface area contributed by atoms with E-state index in [4.69, 9.17) is 11.6 Å². The first-order chi connectivity index (χ1) is 14.3. The number of carbonyl (C=O) groups excluding carboxylic acids is 3. The summed E-state index contributed by atoms with van der Waals surface area (Å²) in [5.41, 5.74) is 0.949. The summed E-state index contributed by atoms with van der Waals surface area (Å²) >= 11 is 5.55. The molecule has 0 bridgehead atoms. The molecule has 0 spiro atoms. The Labute approximate surface area is 178 Å². The van der Waals surface area contributed by atoms with Gasteiger partial charge in [0.15, 0.2) is 0 Å². The van der Waals surface area contributed by atoms with Crippen LogP contribution in [0.5, 0.6) is 0 Å². The van der Waals surface area contributed by atoms with Crippen molar-refractivity contribution in [2.45, 2.75) is 4.90 Å². The van der Waals surface area contributed by atoms with E-state index in [1.54, 1.807) is 24.3 Å². The Hall–Kier alpha value is -2.75. The van der Waals surface area contributed by atoms with Gasteiger partial charge in [-0.05, 0) is 36.4 Å². The van der Waals surface area contributed by atoms with Crippen molar-refractivity contribution in [3.8, 4) is 0 Å². The van der Waals surface area contributed by atoms with Gasteiger partial charge in [-0.25, -0.2) is 13.3 Å². The molecule has 0 atom stereocenters. The molecule has 0 N–H and O–H groups in total. The van der Waals surface area contributed by atoms with E-state index < -0.39 is 21.8 Å². The Kier molecular flexibility index (Phi) is 5.35. The Morgan fingerprint density at radius 1 is 0.867 bits per heavy atom. The van der Waals surface area contributed by atoms with Gasteiger partial charge in [-0.3, -0.25) is 14.4 Å². The largest absolute Gasteiger partial charge is 0.339 e. The van der Waals surface area contributed by atoms with Crippen molar-refractivity contribution in [2.24, 2.45) is 0 Å². The van der Waals surface area contributed by atoms with Crippen LogP contribution in [0.4, 0.5) is 5.69 Å². The molecule has 2 heterocycles. The molecule has 10 heteroatoms. The van der Waals surface area contributed by atoms with E-state index in [2.05, 4.69) is 0 Å². The maximum atomic E-state index is 12.9. The fourth-order valence-electron chi connectivity index (χ4n) is 3.60. The van der Waals surface area contributed by atoms with Gasteiger partial charge in [0.2, 0.25) is 15.9 Å². The summed E-state index contributed by atoms with van der Waals surface area (Å²) in [7, 11) is -3.76. The van der Waals surface area contributed by atoms with Gasteiger partial charge >= 0.3 is 0 Å². The molecule has 3 amide bonds. The minimum absolute atomic E-state index is 0.0555. The van der Waals surface area contributed by atoms with Gasteiger partial charge in [-0.15, -0.1) is 11.6 Å². The van der Waals surface area contributed by atoms with Gasteiger partial charge in [0.25, 0.3) is 11.8 Å². The molecule has 2 aliphatic rings. The lowest BCUT2D eigenvalue weighted by Gasteiger charge is -2.33. The Morgan fingerprint density at radius 2 is 1.40 bits per heavy atom. The molecule has 0 aromatic heterocycles. The maximum absolute atomic E-state index is 12.9. The van der Waals surface area contributed by atoms with Gasteiger partial charge in [0.1, 0.15) is 5.88 Å². The lowest BCUT2D eigenvalue weighted by molar-refractivity contribution is -0.129. The van der Waals surface area contributed by atoms with Crippen LogP contribution in [0.2, 0.25) is 0 Å². The molecule has 156 valence electrons. The standard InChI is InChI=1S/C20H18ClN3O5S/c21-13-18(25)22-9-11-23(12-10-22)30(28,29)15-7-5-14(6-8-15)24-19(26)16-3-1-2-4-17(16)20(24)27/h1-8H,9-13H2. The average Bonchev–Trinajstić information content (AvgIpc) is 3.03. The van der Waals surface area contributed by atoms with Crippen molar-refractivity contribution < 1.29 is 22.8 Å². The zero-order valence-electron chi connectivity index (χ0n) is 15.8. The van der Waals surface area contributed by atoms with Gasteiger partial charge in [-0.2, -0.15) is 4.31 Å². The number of imide groups is 1. The van der Waals surface area contributed by atoms with Crippen LogP contribution in [0.25, 0.3) is 0 Å². The van der Waals surface area contributed by atoms with Crippen LogP contribution in [0.1, 0.15) is 20.7 Å². The van der Waals surface area contributed by atoms with Crippen LogP contribution in [0, 0.1) is 0 Å². The summed E-state index contributed by atoms with van der Waals surface area (Å²) in [6, 6.07) is 12.2. The van der Waals surface area contributed by atoms with Crippen LogP contribution >= 0.6 is 11.6 Å². The average molecular weight is 448 g/mol. The number of carbonyl (C=O) groups is 3. The quantitative estimate of drug-likeness (QED) is 0.523. The molecule has 0 radical (unpaired) electrons. The van der Waals surface area contributed by atoms with Gasteiger partial charge < -0.3 is 4.90 Å². The van der Waals surface area contributed by atoms with Crippen molar-refractivity contribution in [1.82, 2.24) is 9.21 Å². The number of piperazine rings is 1. The Morgan fingerprint density at radius 3 is 1.90 bits per heavy atom. The number of hydrogen-bond donors (Lipinski definition) is 0. The molecule has 0 saturated carbocycles. The fourth-order valence-corrected chi connectivity index (χ4v) is 5.19. The molecular formula is C20H18ClN3O5S. The minimum Gasteiger partial charge on any atom is -0.339 e. The SMILES string of the molecule is O=C(CCl)N1CCN(S(=O)(=O)c2ccc(N3C(=O)c4ccccc4C3=O)cc2)CC1. The molecule has 2 aromatic carbocycles. The first-order valence-corrected chi connectivity index (χ1v) is 11.2. The zero-order chi connectivity index (χ0) is 21.5. The first-order valence-electron chi connectivity index (χ1n) is 9.26. The summed E-state index contributed by atoms with van der Waals surface area (Å²) in [6.07, 6.45) is 0. The van der Waals surface area contributed by atoms with Crippen LogP contribution in [-0.2, 0) is 14.8 Å². The van der Waals surface area contributed by atoms with Gasteiger partial charge in [0, 0.05) is 26.2 Å². The lowest BCUT2D eigenvalue weighted by atomic mass is 10.1. The number of alkyl halides is 1. The number of halogens is 1. The molecule has 0 unspecified atom stereocenters. The minimum atomic E-state index is -3.76. The lowest BCUT2D eigenvalue weighted by Crippen LogP contribution is -2.50. The molecule has 8 nitrogen and oxygen atoms in total. The van der Waals surface area contributed by atoms with E-state index in [-0.39, 0.29) is 42.9 Å². The van der Waals surface area contributed by atoms with E-state index in [1.807, 2.05) is 0 Å². The van der Waals surface area contributed by atoms with Crippen LogP contribution in [-0.4, -0.2) is 67.4 Å². The third kappa shape index (κ3) is 3.38. The van der Waals surface area contributed by atoms with Gasteiger partial charge in [-0.1, -0.05) is 12.1 Å². The topological polar surface area (TPSA) is 95.1 Å². The number of amides is 3. The van der Waals surface area contributed by atoms with E-state index >= 15 is 0 Å². The number of fused-ring (bicyclic) bond motifs is 1. The zero-order valence-corrected chi connectivity index (χ0v) is 17.4. The number of nitrogens with zero attached hydrogens (tertiary/aromatic N) is 3. The van der Waals surface area contributed by atoms with Crippen molar-refractivity contribution in [3.05, 3.63) is 59.7 Å². The van der Waals surface area contributed by atoms with Crippen molar-refractivity contribution in [3.63, 3.8) is 0 Å². The Bertz CT molecular complexity index is 1090. The Balaban J connectivity index is 1.52. The number of benzene rings is 2. The highest BCUT2D eigenvalue weighted by Crippen LogP contribution is 2.29. The van der Waals surface area contributed by atoms with E-state index in [0.717, 1.165) is 4.90 Å². The molecule has 4 rings (SSSR count). The van der Waals surface area contributed by atoms with E-state index in [9.17, 15) is 22.8 Å². The van der Waals surface area contributed by atoms with Crippen LogP contribution in [0.3, 0.4) is 0 Å². The maximum Gasteiger partial charge on any atom is 0.266 e. The van der Waals surface area contributed by atoms with Crippen LogP contribution < -0.4 is 4.90 Å². The van der Waals surface area contributed by atoms with E-state index in [1.165, 1.54) is 33.5 Å². The molecule has 0 aliphatic carbocycles. The normalized spacial score (nSPS) is 17.4. The number of hydrogen-bond acceptors (Lipinski definition) is 5. The summed E-state index contributed by atoms with van der Waals surface area (Å²) in [6.45, 7) is 0.895. The molecule has 2 aliphatic heterocycles. The molecule has 1 saturated heterocycles.